The molecule has 1 amide bonds. The van der Waals surface area contributed by atoms with Gasteiger partial charge in [0.15, 0.2) is 0 Å². The summed E-state index contributed by atoms with van der Waals surface area (Å²) in [6.45, 7) is 0.129. The summed E-state index contributed by atoms with van der Waals surface area (Å²) in [5.74, 6) is -0.502. The summed E-state index contributed by atoms with van der Waals surface area (Å²) in [5, 5.41) is 12.6. The van der Waals surface area contributed by atoms with Gasteiger partial charge in [-0.05, 0) is 54.3 Å². The first kappa shape index (κ1) is 29.7. The Labute approximate surface area is 242 Å². The van der Waals surface area contributed by atoms with Gasteiger partial charge >= 0.3 is 5.97 Å². The summed E-state index contributed by atoms with van der Waals surface area (Å²) in [5.41, 5.74) is 2.04. The van der Waals surface area contributed by atoms with Crippen LogP contribution < -0.4 is 14.8 Å². The smallest absolute Gasteiger partial charge is 0.305 e. The molecule has 3 aromatic rings. The lowest BCUT2D eigenvalue weighted by Crippen LogP contribution is -2.47. The molecule has 0 unspecified atom stereocenters. The van der Waals surface area contributed by atoms with Crippen molar-refractivity contribution in [3.63, 3.8) is 0 Å². The Kier molecular flexibility index (Phi) is 9.25. The molecule has 1 heterocycles. The summed E-state index contributed by atoms with van der Waals surface area (Å²) >= 11 is 12.0. The molecule has 0 aromatic heterocycles. The standard InChI is InChI=1S/C28H28Cl2N2O7S/c1-38-24-6-3-7-25(39-2)27(24)18-10-8-17(9-11-18)22(16-26(33)34)31-28(35)23-5-4-12-32(23)40(36,37)21-14-19(29)13-20(30)15-21/h3,6-11,13-15,22-23H,4-5,12,16H2,1-2H3,(H,31,35)(H,33,34)/t22-,23+/m1/s1. The van der Waals surface area contributed by atoms with E-state index in [1.165, 1.54) is 18.2 Å². The average Bonchev–Trinajstić information content (AvgIpc) is 3.43. The van der Waals surface area contributed by atoms with Gasteiger partial charge in [0.05, 0.1) is 37.1 Å². The number of amides is 1. The van der Waals surface area contributed by atoms with Crippen LogP contribution in [0.3, 0.4) is 0 Å². The van der Waals surface area contributed by atoms with E-state index in [9.17, 15) is 23.1 Å². The Bertz CT molecular complexity index is 1470. The highest BCUT2D eigenvalue weighted by atomic mass is 35.5. The molecule has 1 saturated heterocycles. The maximum Gasteiger partial charge on any atom is 0.305 e. The molecule has 40 heavy (non-hydrogen) atoms. The van der Waals surface area contributed by atoms with Gasteiger partial charge < -0.3 is 19.9 Å². The van der Waals surface area contributed by atoms with Crippen LogP contribution in [-0.2, 0) is 19.6 Å². The Morgan fingerprint density at radius 3 is 2.17 bits per heavy atom. The van der Waals surface area contributed by atoms with Gasteiger partial charge in [0, 0.05) is 16.6 Å². The molecule has 3 aromatic carbocycles. The van der Waals surface area contributed by atoms with E-state index in [1.807, 2.05) is 0 Å². The van der Waals surface area contributed by atoms with Crippen LogP contribution in [0.15, 0.2) is 65.6 Å². The van der Waals surface area contributed by atoms with Crippen molar-refractivity contribution in [3.05, 3.63) is 76.3 Å². The number of nitrogens with one attached hydrogen (secondary N) is 1. The Morgan fingerprint density at radius 1 is 1.02 bits per heavy atom. The summed E-state index contributed by atoms with van der Waals surface area (Å²) in [6.07, 6.45) is 0.350. The fraction of sp³-hybridized carbons (Fsp3) is 0.286. The number of sulfonamides is 1. The summed E-state index contributed by atoms with van der Waals surface area (Å²) in [7, 11) is -0.979. The van der Waals surface area contributed by atoms with Gasteiger partial charge in [0.1, 0.15) is 17.5 Å². The minimum Gasteiger partial charge on any atom is -0.496 e. The van der Waals surface area contributed by atoms with Crippen molar-refractivity contribution >= 4 is 45.1 Å². The minimum absolute atomic E-state index is 0.117. The predicted molar refractivity (Wildman–Crippen MR) is 151 cm³/mol. The molecule has 0 radical (unpaired) electrons. The van der Waals surface area contributed by atoms with Crippen LogP contribution in [0.5, 0.6) is 11.5 Å². The van der Waals surface area contributed by atoms with Crippen molar-refractivity contribution in [2.45, 2.75) is 36.2 Å². The molecule has 0 saturated carbocycles. The molecule has 2 N–H and O–H groups in total. The Morgan fingerprint density at radius 2 is 1.62 bits per heavy atom. The number of ether oxygens (including phenoxy) is 2. The van der Waals surface area contributed by atoms with Crippen molar-refractivity contribution in [2.75, 3.05) is 20.8 Å². The zero-order valence-corrected chi connectivity index (χ0v) is 24.1. The van der Waals surface area contributed by atoms with Crippen molar-refractivity contribution in [2.24, 2.45) is 0 Å². The maximum absolute atomic E-state index is 13.4. The van der Waals surface area contributed by atoms with Crippen molar-refractivity contribution in [1.29, 1.82) is 0 Å². The number of methoxy groups -OCH3 is 2. The molecule has 12 heteroatoms. The van der Waals surface area contributed by atoms with Crippen LogP contribution in [0.25, 0.3) is 11.1 Å². The number of carboxylic acids is 1. The first-order valence-electron chi connectivity index (χ1n) is 12.4. The monoisotopic (exact) mass is 606 g/mol. The number of nitrogens with zero attached hydrogens (tertiary/aromatic N) is 1. The number of hydrogen-bond acceptors (Lipinski definition) is 6. The molecule has 212 valence electrons. The van der Waals surface area contributed by atoms with Crippen LogP contribution >= 0.6 is 23.2 Å². The first-order valence-corrected chi connectivity index (χ1v) is 14.6. The molecule has 0 bridgehead atoms. The molecular formula is C28H28Cl2N2O7S. The van der Waals surface area contributed by atoms with E-state index in [0.29, 0.717) is 23.5 Å². The number of benzene rings is 3. The van der Waals surface area contributed by atoms with Gasteiger partial charge in [0.2, 0.25) is 15.9 Å². The lowest BCUT2D eigenvalue weighted by molar-refractivity contribution is -0.137. The Hall–Kier alpha value is -3.31. The molecule has 1 aliphatic rings. The van der Waals surface area contributed by atoms with Crippen LogP contribution in [-0.4, -0.2) is 56.5 Å². The topological polar surface area (TPSA) is 122 Å². The van der Waals surface area contributed by atoms with Crippen LogP contribution in [0.1, 0.15) is 30.9 Å². The van der Waals surface area contributed by atoms with Gasteiger partial charge in [-0.25, -0.2) is 8.42 Å². The van der Waals surface area contributed by atoms with E-state index >= 15 is 0 Å². The highest BCUT2D eigenvalue weighted by molar-refractivity contribution is 7.89. The van der Waals surface area contributed by atoms with Crippen LogP contribution in [0.2, 0.25) is 10.0 Å². The molecule has 2 atom stereocenters. The van der Waals surface area contributed by atoms with Crippen LogP contribution in [0.4, 0.5) is 0 Å². The number of hydrogen-bond donors (Lipinski definition) is 2. The highest BCUT2D eigenvalue weighted by Gasteiger charge is 2.40. The molecule has 9 nitrogen and oxygen atoms in total. The quantitative estimate of drug-likeness (QED) is 0.327. The van der Waals surface area contributed by atoms with Gasteiger partial charge in [-0.2, -0.15) is 4.31 Å². The normalized spacial score (nSPS) is 16.4. The van der Waals surface area contributed by atoms with Crippen molar-refractivity contribution < 1.29 is 32.6 Å². The fourth-order valence-corrected chi connectivity index (χ4v) is 7.20. The maximum atomic E-state index is 13.4. The third-order valence-corrected chi connectivity index (χ3v) is 9.00. The lowest BCUT2D eigenvalue weighted by atomic mass is 9.97. The van der Waals surface area contributed by atoms with Gasteiger partial charge in [-0.1, -0.05) is 53.5 Å². The second-order valence-corrected chi connectivity index (χ2v) is 12.0. The second kappa shape index (κ2) is 12.5. The molecule has 0 spiro atoms. The summed E-state index contributed by atoms with van der Waals surface area (Å²) in [4.78, 5) is 25.0. The second-order valence-electron chi connectivity index (χ2n) is 9.20. The van der Waals surface area contributed by atoms with Gasteiger partial charge in [0.25, 0.3) is 0 Å². The van der Waals surface area contributed by atoms with E-state index in [1.54, 1.807) is 56.7 Å². The van der Waals surface area contributed by atoms with E-state index in [0.717, 1.165) is 15.4 Å². The number of rotatable bonds is 10. The minimum atomic E-state index is -4.09. The van der Waals surface area contributed by atoms with Crippen molar-refractivity contribution in [3.8, 4) is 22.6 Å². The van der Waals surface area contributed by atoms with Gasteiger partial charge in [-0.15, -0.1) is 0 Å². The molecule has 1 aliphatic heterocycles. The number of aliphatic carboxylic acids is 1. The van der Waals surface area contributed by atoms with Crippen molar-refractivity contribution in [1.82, 2.24) is 9.62 Å². The van der Waals surface area contributed by atoms with E-state index < -0.39 is 40.4 Å². The molecule has 4 rings (SSSR count). The number of carboxylic acid groups (broad SMARTS) is 1. The average molecular weight is 608 g/mol. The van der Waals surface area contributed by atoms with Gasteiger partial charge in [-0.3, -0.25) is 9.59 Å². The lowest BCUT2D eigenvalue weighted by Gasteiger charge is -2.26. The zero-order chi connectivity index (χ0) is 29.0. The Balaban J connectivity index is 1.59. The van der Waals surface area contributed by atoms with Crippen LogP contribution in [0, 0.1) is 0 Å². The highest BCUT2D eigenvalue weighted by Crippen LogP contribution is 2.39. The fourth-order valence-electron chi connectivity index (χ4n) is 4.82. The molecule has 0 aliphatic carbocycles. The first-order chi connectivity index (χ1) is 19.0. The largest absolute Gasteiger partial charge is 0.496 e. The number of carbonyl (C=O) groups is 2. The third-order valence-electron chi connectivity index (χ3n) is 6.67. The molecule has 1 fully saturated rings. The number of halogens is 2. The van der Waals surface area contributed by atoms with E-state index in [4.69, 9.17) is 32.7 Å². The summed E-state index contributed by atoms with van der Waals surface area (Å²) in [6, 6.07) is 14.5. The van der Waals surface area contributed by atoms with E-state index in [2.05, 4.69) is 5.32 Å². The SMILES string of the molecule is COc1cccc(OC)c1-c1ccc([C@@H](CC(=O)O)NC(=O)[C@@H]2CCCN2S(=O)(=O)c2cc(Cl)cc(Cl)c2)cc1. The van der Waals surface area contributed by atoms with E-state index in [-0.39, 0.29) is 27.9 Å². The zero-order valence-electron chi connectivity index (χ0n) is 21.8. The molecular weight excluding hydrogens is 579 g/mol. The number of carbonyl (C=O) groups excluding carboxylic acids is 1. The predicted octanol–water partition coefficient (Wildman–Crippen LogP) is 5.16. The third kappa shape index (κ3) is 6.36. The summed E-state index contributed by atoms with van der Waals surface area (Å²) < 4.78 is 38.8.